The Morgan fingerprint density at radius 2 is 1.64 bits per heavy atom. The zero-order valence-electron chi connectivity index (χ0n) is 14.9. The van der Waals surface area contributed by atoms with E-state index >= 15 is 0 Å². The first-order valence-corrected chi connectivity index (χ1v) is 8.23. The van der Waals surface area contributed by atoms with Gasteiger partial charge in [0.2, 0.25) is 0 Å². The standard InChI is InChI=1S/C21H24N2O2/c1-5-13-22-19(24)15-9-8-10-16(14-15)20(25)23-18-12-7-6-11-17(18)21(2,3)4/h5-12,14H,1,13H2,2-4H3,(H,22,24)(H,23,25). The number of benzene rings is 2. The lowest BCUT2D eigenvalue weighted by molar-refractivity contribution is 0.0958. The minimum absolute atomic E-state index is 0.0870. The Kier molecular flexibility index (Phi) is 5.75. The smallest absolute Gasteiger partial charge is 0.255 e. The van der Waals surface area contributed by atoms with E-state index in [2.05, 4.69) is 38.0 Å². The van der Waals surface area contributed by atoms with Gasteiger partial charge in [-0.3, -0.25) is 9.59 Å². The molecule has 0 radical (unpaired) electrons. The Labute approximate surface area is 149 Å². The van der Waals surface area contributed by atoms with E-state index in [0.717, 1.165) is 11.3 Å². The second-order valence-electron chi connectivity index (χ2n) is 6.83. The molecule has 0 heterocycles. The lowest BCUT2D eigenvalue weighted by Crippen LogP contribution is -2.24. The number of carbonyl (C=O) groups excluding carboxylic acids is 2. The van der Waals surface area contributed by atoms with E-state index in [-0.39, 0.29) is 17.2 Å². The van der Waals surface area contributed by atoms with E-state index in [9.17, 15) is 9.59 Å². The molecule has 0 atom stereocenters. The lowest BCUT2D eigenvalue weighted by atomic mass is 9.86. The second-order valence-corrected chi connectivity index (χ2v) is 6.83. The van der Waals surface area contributed by atoms with Gasteiger partial charge >= 0.3 is 0 Å². The van der Waals surface area contributed by atoms with E-state index in [1.165, 1.54) is 0 Å². The molecule has 2 amide bonds. The van der Waals surface area contributed by atoms with Crippen LogP contribution in [-0.4, -0.2) is 18.4 Å². The quantitative estimate of drug-likeness (QED) is 0.806. The van der Waals surface area contributed by atoms with Gasteiger partial charge in [-0.15, -0.1) is 6.58 Å². The third kappa shape index (κ3) is 4.80. The molecule has 0 bridgehead atoms. The number of rotatable bonds is 5. The lowest BCUT2D eigenvalue weighted by Gasteiger charge is -2.23. The van der Waals surface area contributed by atoms with Crippen LogP contribution in [0, 0.1) is 0 Å². The number of para-hydroxylation sites is 1. The van der Waals surface area contributed by atoms with Gasteiger partial charge in [0.25, 0.3) is 11.8 Å². The second kappa shape index (κ2) is 7.79. The van der Waals surface area contributed by atoms with Gasteiger partial charge in [-0.1, -0.05) is 51.1 Å². The van der Waals surface area contributed by atoms with Crippen molar-refractivity contribution in [1.29, 1.82) is 0 Å². The zero-order valence-corrected chi connectivity index (χ0v) is 14.9. The number of hydrogen-bond donors (Lipinski definition) is 2. The Bertz CT molecular complexity index is 788. The van der Waals surface area contributed by atoms with Gasteiger partial charge < -0.3 is 10.6 Å². The van der Waals surface area contributed by atoms with Crippen LogP contribution in [0.15, 0.2) is 61.2 Å². The largest absolute Gasteiger partial charge is 0.349 e. The molecule has 0 aliphatic heterocycles. The molecule has 4 heteroatoms. The zero-order chi connectivity index (χ0) is 18.4. The van der Waals surface area contributed by atoms with E-state index in [0.29, 0.717) is 17.7 Å². The van der Waals surface area contributed by atoms with Crippen LogP contribution in [0.25, 0.3) is 0 Å². The summed E-state index contributed by atoms with van der Waals surface area (Å²) in [6, 6.07) is 14.4. The average molecular weight is 336 g/mol. The molecule has 2 aromatic carbocycles. The van der Waals surface area contributed by atoms with Crippen molar-refractivity contribution < 1.29 is 9.59 Å². The van der Waals surface area contributed by atoms with Crippen LogP contribution in [-0.2, 0) is 5.41 Å². The van der Waals surface area contributed by atoms with Crippen molar-refractivity contribution >= 4 is 17.5 Å². The van der Waals surface area contributed by atoms with E-state index in [4.69, 9.17) is 0 Å². The summed E-state index contributed by atoms with van der Waals surface area (Å²) in [6.07, 6.45) is 1.61. The molecule has 2 rings (SSSR count). The minimum atomic E-state index is -0.241. The first kappa shape index (κ1) is 18.5. The molecule has 2 aromatic rings. The normalized spacial score (nSPS) is 10.8. The van der Waals surface area contributed by atoms with Crippen molar-refractivity contribution in [2.75, 3.05) is 11.9 Å². The summed E-state index contributed by atoms with van der Waals surface area (Å²) < 4.78 is 0. The topological polar surface area (TPSA) is 58.2 Å². The van der Waals surface area contributed by atoms with Gasteiger partial charge in [-0.2, -0.15) is 0 Å². The Morgan fingerprint density at radius 1 is 1.00 bits per heavy atom. The maximum atomic E-state index is 12.6. The van der Waals surface area contributed by atoms with Crippen molar-refractivity contribution in [3.05, 3.63) is 77.9 Å². The highest BCUT2D eigenvalue weighted by Crippen LogP contribution is 2.29. The highest BCUT2D eigenvalue weighted by molar-refractivity contribution is 6.06. The van der Waals surface area contributed by atoms with Crippen LogP contribution < -0.4 is 10.6 Å². The third-order valence-corrected chi connectivity index (χ3v) is 3.78. The maximum Gasteiger partial charge on any atom is 0.255 e. The molecular weight excluding hydrogens is 312 g/mol. The van der Waals surface area contributed by atoms with Crippen LogP contribution >= 0.6 is 0 Å². The first-order valence-electron chi connectivity index (χ1n) is 8.23. The predicted molar refractivity (Wildman–Crippen MR) is 102 cm³/mol. The third-order valence-electron chi connectivity index (χ3n) is 3.78. The molecule has 0 aliphatic carbocycles. The minimum Gasteiger partial charge on any atom is -0.349 e. The summed E-state index contributed by atoms with van der Waals surface area (Å²) in [4.78, 5) is 24.7. The van der Waals surface area contributed by atoms with Gasteiger partial charge in [0, 0.05) is 23.4 Å². The number of anilines is 1. The van der Waals surface area contributed by atoms with Crippen molar-refractivity contribution in [2.24, 2.45) is 0 Å². The van der Waals surface area contributed by atoms with Crippen LogP contribution in [0.1, 0.15) is 47.1 Å². The summed E-state index contributed by atoms with van der Waals surface area (Å²) in [5, 5.41) is 5.66. The van der Waals surface area contributed by atoms with Crippen molar-refractivity contribution in [3.63, 3.8) is 0 Å². The van der Waals surface area contributed by atoms with Gasteiger partial charge in [-0.25, -0.2) is 0 Å². The monoisotopic (exact) mass is 336 g/mol. The Balaban J connectivity index is 2.23. The van der Waals surface area contributed by atoms with E-state index < -0.39 is 0 Å². The number of carbonyl (C=O) groups is 2. The van der Waals surface area contributed by atoms with Crippen LogP contribution in [0.2, 0.25) is 0 Å². The summed E-state index contributed by atoms with van der Waals surface area (Å²) in [6.45, 7) is 10.3. The molecule has 0 aromatic heterocycles. The van der Waals surface area contributed by atoms with Crippen LogP contribution in [0.5, 0.6) is 0 Å². The van der Waals surface area contributed by atoms with Crippen LogP contribution in [0.4, 0.5) is 5.69 Å². The molecule has 4 nitrogen and oxygen atoms in total. The average Bonchev–Trinajstić information content (AvgIpc) is 2.59. The first-order chi connectivity index (χ1) is 11.8. The van der Waals surface area contributed by atoms with Crippen molar-refractivity contribution in [1.82, 2.24) is 5.32 Å². The number of nitrogens with one attached hydrogen (secondary N) is 2. The highest BCUT2D eigenvalue weighted by atomic mass is 16.2. The Morgan fingerprint density at radius 3 is 2.28 bits per heavy atom. The molecule has 2 N–H and O–H groups in total. The van der Waals surface area contributed by atoms with Gasteiger partial charge in [0.1, 0.15) is 0 Å². The summed E-state index contributed by atoms with van der Waals surface area (Å²) in [5.74, 6) is -0.472. The predicted octanol–water partition coefficient (Wildman–Crippen LogP) is 4.15. The molecule has 0 aliphatic rings. The molecule has 0 saturated heterocycles. The molecule has 0 saturated carbocycles. The highest BCUT2D eigenvalue weighted by Gasteiger charge is 2.19. The fourth-order valence-electron chi connectivity index (χ4n) is 2.51. The molecule has 0 spiro atoms. The molecule has 25 heavy (non-hydrogen) atoms. The number of amides is 2. The van der Waals surface area contributed by atoms with Gasteiger partial charge in [0.15, 0.2) is 0 Å². The summed E-state index contributed by atoms with van der Waals surface area (Å²) in [5.41, 5.74) is 2.63. The molecular formula is C21H24N2O2. The summed E-state index contributed by atoms with van der Waals surface area (Å²) >= 11 is 0. The molecule has 130 valence electrons. The van der Waals surface area contributed by atoms with E-state index in [1.807, 2.05) is 24.3 Å². The SMILES string of the molecule is C=CCNC(=O)c1cccc(C(=O)Nc2ccccc2C(C)(C)C)c1. The van der Waals surface area contributed by atoms with Crippen molar-refractivity contribution in [3.8, 4) is 0 Å². The van der Waals surface area contributed by atoms with Crippen molar-refractivity contribution in [2.45, 2.75) is 26.2 Å². The fourth-order valence-corrected chi connectivity index (χ4v) is 2.51. The van der Waals surface area contributed by atoms with E-state index in [1.54, 1.807) is 30.3 Å². The Hall–Kier alpha value is -2.88. The fraction of sp³-hybridized carbons (Fsp3) is 0.238. The summed E-state index contributed by atoms with van der Waals surface area (Å²) in [7, 11) is 0. The maximum absolute atomic E-state index is 12.6. The number of hydrogen-bond acceptors (Lipinski definition) is 2. The van der Waals surface area contributed by atoms with Crippen LogP contribution in [0.3, 0.4) is 0 Å². The van der Waals surface area contributed by atoms with Gasteiger partial charge in [0.05, 0.1) is 0 Å². The van der Waals surface area contributed by atoms with Gasteiger partial charge in [-0.05, 0) is 35.2 Å². The molecule has 0 unspecified atom stereocenters. The molecule has 0 fully saturated rings.